The van der Waals surface area contributed by atoms with Crippen molar-refractivity contribution < 1.29 is 33.2 Å². The lowest BCUT2D eigenvalue weighted by Crippen LogP contribution is -2.21. The minimum atomic E-state index is -0.881. The van der Waals surface area contributed by atoms with Crippen LogP contribution in [0.1, 0.15) is 20.7 Å². The molecule has 0 aromatic heterocycles. The molecule has 9 nitrogen and oxygen atoms in total. The molecule has 27 heavy (non-hydrogen) atoms. The Kier molecular flexibility index (Phi) is 6.15. The third-order valence-corrected chi connectivity index (χ3v) is 3.31. The van der Waals surface area contributed by atoms with E-state index >= 15 is 0 Å². The summed E-state index contributed by atoms with van der Waals surface area (Å²) in [5.74, 6) is -3.18. The summed E-state index contributed by atoms with van der Waals surface area (Å²) >= 11 is 0. The molecule has 2 rings (SSSR count). The van der Waals surface area contributed by atoms with E-state index in [2.05, 4.69) is 10.1 Å². The van der Waals surface area contributed by atoms with Crippen molar-refractivity contribution in [3.05, 3.63) is 69.5 Å². The normalized spacial score (nSPS) is 10.0. The van der Waals surface area contributed by atoms with E-state index < -0.39 is 46.6 Å². The average molecular weight is 376 g/mol. The Morgan fingerprint density at radius 2 is 1.67 bits per heavy atom. The van der Waals surface area contributed by atoms with Crippen LogP contribution < -0.4 is 5.32 Å². The van der Waals surface area contributed by atoms with Crippen molar-refractivity contribution in [2.75, 3.05) is 19.0 Å². The average Bonchev–Trinajstić information content (AvgIpc) is 2.67. The van der Waals surface area contributed by atoms with Crippen LogP contribution in [0, 0.1) is 15.9 Å². The van der Waals surface area contributed by atoms with Gasteiger partial charge in [0.15, 0.2) is 6.61 Å². The Hall–Kier alpha value is -3.82. The molecule has 0 aliphatic carbocycles. The molecular formula is C17H13FN2O7. The van der Waals surface area contributed by atoms with Crippen LogP contribution in [0.15, 0.2) is 42.5 Å². The monoisotopic (exact) mass is 376 g/mol. The summed E-state index contributed by atoms with van der Waals surface area (Å²) in [7, 11) is 1.22. The molecule has 1 N–H and O–H groups in total. The fourth-order valence-electron chi connectivity index (χ4n) is 1.98. The second-order valence-corrected chi connectivity index (χ2v) is 5.11. The number of rotatable bonds is 6. The molecule has 0 bridgehead atoms. The molecule has 0 aliphatic heterocycles. The van der Waals surface area contributed by atoms with Gasteiger partial charge in [-0.3, -0.25) is 14.9 Å². The summed E-state index contributed by atoms with van der Waals surface area (Å²) < 4.78 is 22.9. The number of non-ortho nitro benzene ring substituents is 1. The molecule has 0 saturated heterocycles. The first-order valence-corrected chi connectivity index (χ1v) is 7.41. The lowest BCUT2D eigenvalue weighted by Gasteiger charge is -2.08. The van der Waals surface area contributed by atoms with Gasteiger partial charge < -0.3 is 14.8 Å². The fourth-order valence-corrected chi connectivity index (χ4v) is 1.98. The zero-order chi connectivity index (χ0) is 20.0. The van der Waals surface area contributed by atoms with Gasteiger partial charge in [-0.2, -0.15) is 0 Å². The minimum absolute atomic E-state index is 0.0805. The van der Waals surface area contributed by atoms with Gasteiger partial charge in [0, 0.05) is 12.1 Å². The first-order valence-electron chi connectivity index (χ1n) is 7.41. The molecule has 1 amide bonds. The van der Waals surface area contributed by atoms with Gasteiger partial charge in [-0.25, -0.2) is 14.0 Å². The summed E-state index contributed by atoms with van der Waals surface area (Å²) in [6.45, 7) is -0.736. The maximum atomic E-state index is 13.6. The van der Waals surface area contributed by atoms with E-state index in [9.17, 15) is 28.9 Å². The van der Waals surface area contributed by atoms with Crippen LogP contribution in [-0.2, 0) is 14.3 Å². The number of carbonyl (C=O) groups is 3. The number of methoxy groups -OCH3 is 1. The van der Waals surface area contributed by atoms with Crippen molar-refractivity contribution in [1.82, 2.24) is 0 Å². The van der Waals surface area contributed by atoms with Crippen LogP contribution in [0.25, 0.3) is 0 Å². The number of amides is 1. The molecule has 0 unspecified atom stereocenters. The number of ether oxygens (including phenoxy) is 2. The summed E-state index contributed by atoms with van der Waals surface area (Å²) in [5, 5.41) is 12.8. The number of carbonyl (C=O) groups excluding carboxylic acids is 3. The maximum Gasteiger partial charge on any atom is 0.338 e. The van der Waals surface area contributed by atoms with Gasteiger partial charge in [0.25, 0.3) is 11.6 Å². The van der Waals surface area contributed by atoms with Crippen LogP contribution in [0.4, 0.5) is 15.8 Å². The number of benzene rings is 2. The number of nitrogens with one attached hydrogen (secondary N) is 1. The highest BCUT2D eigenvalue weighted by atomic mass is 19.1. The molecule has 0 radical (unpaired) electrons. The van der Waals surface area contributed by atoms with Crippen molar-refractivity contribution >= 4 is 29.2 Å². The highest BCUT2D eigenvalue weighted by molar-refractivity contribution is 5.96. The lowest BCUT2D eigenvalue weighted by molar-refractivity contribution is -0.384. The van der Waals surface area contributed by atoms with Crippen molar-refractivity contribution in [2.24, 2.45) is 0 Å². The summed E-state index contributed by atoms with van der Waals surface area (Å²) in [4.78, 5) is 44.9. The smallest absolute Gasteiger partial charge is 0.338 e. The lowest BCUT2D eigenvalue weighted by atomic mass is 10.1. The van der Waals surface area contributed by atoms with E-state index in [0.29, 0.717) is 0 Å². The predicted octanol–water partition coefficient (Wildman–Crippen LogP) is 2.32. The summed E-state index contributed by atoms with van der Waals surface area (Å²) in [6, 6.07) is 7.95. The van der Waals surface area contributed by atoms with E-state index in [1.165, 1.54) is 31.4 Å². The minimum Gasteiger partial charge on any atom is -0.465 e. The van der Waals surface area contributed by atoms with Crippen molar-refractivity contribution in [3.8, 4) is 0 Å². The summed E-state index contributed by atoms with van der Waals surface area (Å²) in [6.07, 6.45) is 0. The molecule has 0 atom stereocenters. The second kappa shape index (κ2) is 8.52. The van der Waals surface area contributed by atoms with Crippen molar-refractivity contribution in [1.29, 1.82) is 0 Å². The highest BCUT2D eigenvalue weighted by Gasteiger charge is 2.15. The number of nitrogens with zero attached hydrogens (tertiary/aromatic N) is 1. The van der Waals surface area contributed by atoms with Gasteiger partial charge in [-0.15, -0.1) is 0 Å². The van der Waals surface area contributed by atoms with Crippen LogP contribution in [-0.4, -0.2) is 36.5 Å². The molecular weight excluding hydrogens is 363 g/mol. The van der Waals surface area contributed by atoms with Crippen LogP contribution in [0.5, 0.6) is 0 Å². The van der Waals surface area contributed by atoms with Gasteiger partial charge in [0.2, 0.25) is 0 Å². The fraction of sp³-hybridized carbons (Fsp3) is 0.118. The Bertz CT molecular complexity index is 897. The number of hydrogen-bond donors (Lipinski definition) is 1. The topological polar surface area (TPSA) is 125 Å². The van der Waals surface area contributed by atoms with Crippen LogP contribution >= 0.6 is 0 Å². The van der Waals surface area contributed by atoms with Gasteiger partial charge in [0.05, 0.1) is 28.8 Å². The second-order valence-electron chi connectivity index (χ2n) is 5.11. The molecule has 2 aromatic rings. The van der Waals surface area contributed by atoms with Crippen molar-refractivity contribution in [2.45, 2.75) is 0 Å². The Morgan fingerprint density at radius 3 is 2.22 bits per heavy atom. The SMILES string of the molecule is COC(=O)c1ccc(C(=O)OCC(=O)Nc2cc([N+](=O)[O-])ccc2F)cc1. The number of halogens is 1. The molecule has 0 heterocycles. The van der Waals surface area contributed by atoms with Gasteiger partial charge >= 0.3 is 11.9 Å². The predicted molar refractivity (Wildman–Crippen MR) is 89.7 cm³/mol. The van der Waals surface area contributed by atoms with Gasteiger partial charge in [-0.05, 0) is 30.3 Å². The van der Waals surface area contributed by atoms with Crippen molar-refractivity contribution in [3.63, 3.8) is 0 Å². The third kappa shape index (κ3) is 5.08. The number of nitro benzene ring substituents is 1. The van der Waals surface area contributed by atoms with E-state index in [0.717, 1.165) is 18.2 Å². The zero-order valence-corrected chi connectivity index (χ0v) is 13.9. The molecule has 10 heteroatoms. The van der Waals surface area contributed by atoms with Crippen LogP contribution in [0.3, 0.4) is 0 Å². The molecule has 0 spiro atoms. The van der Waals surface area contributed by atoms with Crippen LogP contribution in [0.2, 0.25) is 0 Å². The first kappa shape index (κ1) is 19.5. The van der Waals surface area contributed by atoms with Gasteiger partial charge in [-0.1, -0.05) is 0 Å². The van der Waals surface area contributed by atoms with E-state index in [4.69, 9.17) is 4.74 Å². The molecule has 0 aliphatic rings. The molecule has 0 fully saturated rings. The molecule has 140 valence electrons. The van der Waals surface area contributed by atoms with E-state index in [1.54, 1.807) is 0 Å². The zero-order valence-electron chi connectivity index (χ0n) is 13.9. The number of esters is 2. The quantitative estimate of drug-likeness (QED) is 0.466. The Labute approximate surface area is 151 Å². The van der Waals surface area contributed by atoms with E-state index in [-0.39, 0.29) is 11.1 Å². The summed E-state index contributed by atoms with van der Waals surface area (Å²) in [5.41, 5.74) is -0.507. The number of nitro groups is 1. The maximum absolute atomic E-state index is 13.6. The Balaban J connectivity index is 1.95. The number of hydrogen-bond acceptors (Lipinski definition) is 7. The van der Waals surface area contributed by atoms with Gasteiger partial charge in [0.1, 0.15) is 5.82 Å². The highest BCUT2D eigenvalue weighted by Crippen LogP contribution is 2.21. The molecule has 0 saturated carbocycles. The Morgan fingerprint density at radius 1 is 1.07 bits per heavy atom. The molecule has 2 aromatic carbocycles. The number of anilines is 1. The standard InChI is InChI=1S/C17H13FN2O7/c1-26-16(22)10-2-4-11(5-3-10)17(23)27-9-15(21)19-14-8-12(20(24)25)6-7-13(14)18/h2-8H,9H2,1H3,(H,19,21). The first-order chi connectivity index (χ1) is 12.8. The third-order valence-electron chi connectivity index (χ3n) is 3.31. The van der Waals surface area contributed by atoms with E-state index in [1.807, 2.05) is 0 Å². The largest absolute Gasteiger partial charge is 0.465 e.